The molecule has 104 valence electrons. The van der Waals surface area contributed by atoms with Crippen LogP contribution in [0.5, 0.6) is 0 Å². The van der Waals surface area contributed by atoms with Crippen molar-refractivity contribution in [2.45, 2.75) is 13.0 Å². The number of benzene rings is 1. The molecule has 2 rings (SSSR count). The molecule has 0 spiro atoms. The Balaban J connectivity index is 1.94. The first-order valence-corrected chi connectivity index (χ1v) is 6.72. The van der Waals surface area contributed by atoms with Crippen LogP contribution >= 0.6 is 15.9 Å². The maximum Gasteiger partial charge on any atom is 0.247 e. The number of carbonyl (C=O) groups excluding carboxylic acids is 1. The summed E-state index contributed by atoms with van der Waals surface area (Å²) in [5, 5.41) is 2.67. The van der Waals surface area contributed by atoms with Crippen molar-refractivity contribution in [1.29, 1.82) is 0 Å². The second kappa shape index (κ2) is 6.47. The maximum absolute atomic E-state index is 13.5. The van der Waals surface area contributed by atoms with Crippen LogP contribution in [-0.4, -0.2) is 10.9 Å². The van der Waals surface area contributed by atoms with Crippen molar-refractivity contribution in [3.63, 3.8) is 0 Å². The minimum atomic E-state index is -0.410. The number of H-pyrrole nitrogens is 1. The van der Waals surface area contributed by atoms with Crippen molar-refractivity contribution in [2.24, 2.45) is 0 Å². The molecule has 0 aliphatic carbocycles. The van der Waals surface area contributed by atoms with Gasteiger partial charge in [-0.1, -0.05) is 22.0 Å². The van der Waals surface area contributed by atoms with Crippen LogP contribution in [0, 0.1) is 5.82 Å². The number of nitrogens with one attached hydrogen (secondary N) is 2. The Hall–Kier alpha value is -1.95. The molecule has 0 fully saturated rings. The van der Waals surface area contributed by atoms with E-state index in [9.17, 15) is 14.0 Å². The van der Waals surface area contributed by atoms with Gasteiger partial charge < -0.3 is 10.3 Å². The minimum Gasteiger partial charge on any atom is -0.352 e. The summed E-state index contributed by atoms with van der Waals surface area (Å²) in [5.74, 6) is -0.694. The Bertz CT molecular complexity index is 665. The second-order valence-corrected chi connectivity index (χ2v) is 5.17. The molecule has 4 nitrogen and oxygen atoms in total. The normalized spacial score (nSPS) is 10.3. The van der Waals surface area contributed by atoms with Gasteiger partial charge in [-0.3, -0.25) is 9.59 Å². The predicted molar refractivity (Wildman–Crippen MR) is 76.7 cm³/mol. The van der Waals surface area contributed by atoms with E-state index in [1.165, 1.54) is 18.3 Å². The number of carbonyl (C=O) groups is 1. The Labute approximate surface area is 123 Å². The van der Waals surface area contributed by atoms with Crippen LogP contribution in [0.3, 0.4) is 0 Å². The molecule has 1 aromatic carbocycles. The molecular formula is C14H12BrFN2O2. The standard InChI is InChI=1S/C14H12BrFN2O2/c15-11-2-3-12(16)10(5-11)6-14(20)18-8-9-1-4-13(19)17-7-9/h1-5,7H,6,8H2,(H,17,19)(H,18,20). The largest absolute Gasteiger partial charge is 0.352 e. The summed E-state index contributed by atoms with van der Waals surface area (Å²) in [5.41, 5.74) is 0.905. The van der Waals surface area contributed by atoms with Gasteiger partial charge in [0.05, 0.1) is 6.42 Å². The van der Waals surface area contributed by atoms with Gasteiger partial charge in [0, 0.05) is 23.3 Å². The molecule has 1 aromatic heterocycles. The highest BCUT2D eigenvalue weighted by molar-refractivity contribution is 9.10. The van der Waals surface area contributed by atoms with E-state index in [0.29, 0.717) is 5.56 Å². The quantitative estimate of drug-likeness (QED) is 0.897. The molecule has 20 heavy (non-hydrogen) atoms. The van der Waals surface area contributed by atoms with Crippen LogP contribution in [-0.2, 0) is 17.8 Å². The van der Waals surface area contributed by atoms with Gasteiger partial charge >= 0.3 is 0 Å². The van der Waals surface area contributed by atoms with Gasteiger partial charge in [0.25, 0.3) is 0 Å². The van der Waals surface area contributed by atoms with E-state index in [4.69, 9.17) is 0 Å². The SMILES string of the molecule is O=C(Cc1cc(Br)ccc1F)NCc1ccc(=O)[nH]c1. The van der Waals surface area contributed by atoms with E-state index in [2.05, 4.69) is 26.2 Å². The first-order chi connectivity index (χ1) is 9.54. The number of rotatable bonds is 4. The summed E-state index contributed by atoms with van der Waals surface area (Å²) < 4.78 is 14.2. The third-order valence-electron chi connectivity index (χ3n) is 2.70. The Morgan fingerprint density at radius 1 is 1.30 bits per heavy atom. The maximum atomic E-state index is 13.5. The predicted octanol–water partition coefficient (Wildman–Crippen LogP) is 2.14. The van der Waals surface area contributed by atoms with Crippen LogP contribution in [0.1, 0.15) is 11.1 Å². The van der Waals surface area contributed by atoms with Crippen LogP contribution < -0.4 is 10.9 Å². The van der Waals surface area contributed by atoms with Crippen LogP contribution in [0.2, 0.25) is 0 Å². The summed E-state index contributed by atoms with van der Waals surface area (Å²) in [6.45, 7) is 0.283. The number of aromatic amines is 1. The van der Waals surface area contributed by atoms with Crippen molar-refractivity contribution in [1.82, 2.24) is 10.3 Å². The highest BCUT2D eigenvalue weighted by Crippen LogP contribution is 2.15. The zero-order chi connectivity index (χ0) is 14.5. The van der Waals surface area contributed by atoms with Crippen molar-refractivity contribution in [2.75, 3.05) is 0 Å². The number of pyridine rings is 1. The highest BCUT2D eigenvalue weighted by Gasteiger charge is 2.08. The van der Waals surface area contributed by atoms with E-state index >= 15 is 0 Å². The average Bonchev–Trinajstić information content (AvgIpc) is 2.42. The zero-order valence-electron chi connectivity index (χ0n) is 10.5. The van der Waals surface area contributed by atoms with Gasteiger partial charge in [-0.25, -0.2) is 4.39 Å². The second-order valence-electron chi connectivity index (χ2n) is 4.25. The summed E-state index contributed by atoms with van der Waals surface area (Å²) in [6, 6.07) is 7.48. The zero-order valence-corrected chi connectivity index (χ0v) is 12.0. The lowest BCUT2D eigenvalue weighted by atomic mass is 10.1. The van der Waals surface area contributed by atoms with Gasteiger partial charge in [0.15, 0.2) is 0 Å². The van der Waals surface area contributed by atoms with Crippen LogP contribution in [0.15, 0.2) is 45.8 Å². The molecule has 0 aliphatic heterocycles. The molecule has 0 unspecified atom stereocenters. The fourth-order valence-electron chi connectivity index (χ4n) is 1.67. The smallest absolute Gasteiger partial charge is 0.247 e. The number of hydrogen-bond donors (Lipinski definition) is 2. The molecule has 0 saturated heterocycles. The van der Waals surface area contributed by atoms with Gasteiger partial charge in [-0.15, -0.1) is 0 Å². The monoisotopic (exact) mass is 338 g/mol. The average molecular weight is 339 g/mol. The van der Waals surface area contributed by atoms with Gasteiger partial charge in [0.1, 0.15) is 5.82 Å². The van der Waals surface area contributed by atoms with E-state index in [-0.39, 0.29) is 24.4 Å². The molecule has 2 N–H and O–H groups in total. The summed E-state index contributed by atoms with van der Waals surface area (Å²) in [7, 11) is 0. The third-order valence-corrected chi connectivity index (χ3v) is 3.19. The number of aromatic nitrogens is 1. The summed E-state index contributed by atoms with van der Waals surface area (Å²) in [6.07, 6.45) is 1.50. The Morgan fingerprint density at radius 2 is 2.10 bits per heavy atom. The molecule has 6 heteroatoms. The number of halogens is 2. The molecule has 2 aromatic rings. The van der Waals surface area contributed by atoms with Gasteiger partial charge in [-0.2, -0.15) is 0 Å². The number of amides is 1. The highest BCUT2D eigenvalue weighted by atomic mass is 79.9. The Morgan fingerprint density at radius 3 is 2.80 bits per heavy atom. The van der Waals surface area contributed by atoms with Crippen molar-refractivity contribution in [3.05, 3.63) is 68.3 Å². The van der Waals surface area contributed by atoms with Crippen LogP contribution in [0.25, 0.3) is 0 Å². The lowest BCUT2D eigenvalue weighted by Gasteiger charge is -2.06. The molecule has 0 atom stereocenters. The fourth-order valence-corrected chi connectivity index (χ4v) is 2.08. The van der Waals surface area contributed by atoms with Crippen molar-refractivity contribution >= 4 is 21.8 Å². The molecule has 0 bridgehead atoms. The minimum absolute atomic E-state index is 0.0331. The first kappa shape index (κ1) is 14.5. The van der Waals surface area contributed by atoms with E-state index < -0.39 is 5.82 Å². The van der Waals surface area contributed by atoms with E-state index in [1.54, 1.807) is 18.2 Å². The molecule has 0 radical (unpaired) electrons. The van der Waals surface area contributed by atoms with Gasteiger partial charge in [0.2, 0.25) is 11.5 Å². The van der Waals surface area contributed by atoms with Crippen LogP contribution in [0.4, 0.5) is 4.39 Å². The summed E-state index contributed by atoms with van der Waals surface area (Å²) in [4.78, 5) is 25.1. The van der Waals surface area contributed by atoms with Gasteiger partial charge in [-0.05, 0) is 29.3 Å². The third kappa shape index (κ3) is 4.03. The first-order valence-electron chi connectivity index (χ1n) is 5.93. The molecule has 0 aliphatic rings. The molecular weight excluding hydrogens is 327 g/mol. The lowest BCUT2D eigenvalue weighted by molar-refractivity contribution is -0.120. The molecule has 1 heterocycles. The Kier molecular flexibility index (Phi) is 4.68. The van der Waals surface area contributed by atoms with Crippen molar-refractivity contribution < 1.29 is 9.18 Å². The lowest BCUT2D eigenvalue weighted by Crippen LogP contribution is -2.25. The molecule has 1 amide bonds. The van der Waals surface area contributed by atoms with Crippen molar-refractivity contribution in [3.8, 4) is 0 Å². The fraction of sp³-hybridized carbons (Fsp3) is 0.143. The van der Waals surface area contributed by atoms with E-state index in [1.807, 2.05) is 0 Å². The number of hydrogen-bond acceptors (Lipinski definition) is 2. The molecule has 0 saturated carbocycles. The summed E-state index contributed by atoms with van der Waals surface area (Å²) >= 11 is 3.24. The topological polar surface area (TPSA) is 62.0 Å². The van der Waals surface area contributed by atoms with E-state index in [0.717, 1.165) is 10.0 Å².